The Morgan fingerprint density at radius 2 is 2.13 bits per heavy atom. The fourth-order valence-corrected chi connectivity index (χ4v) is 2.46. The maximum Gasteiger partial charge on any atom is 0.351 e. The fourth-order valence-electron chi connectivity index (χ4n) is 2.04. The first kappa shape index (κ1) is 20.5. The molecule has 23 heavy (non-hydrogen) atoms. The van der Waals surface area contributed by atoms with Gasteiger partial charge in [0.25, 0.3) is 0 Å². The molecular formula is C13H18N4O4PY-. The van der Waals surface area contributed by atoms with Crippen LogP contribution in [0.3, 0.4) is 0 Å². The Morgan fingerprint density at radius 3 is 2.74 bits per heavy atom. The van der Waals surface area contributed by atoms with Gasteiger partial charge in [0, 0.05) is 56.2 Å². The number of nitrogens with zero attached hydrogens (tertiary/aromatic N) is 4. The molecule has 8 nitrogen and oxygen atoms in total. The van der Waals surface area contributed by atoms with Crippen LogP contribution < -0.4 is 0 Å². The topological polar surface area (TPSA) is 110 Å². The summed E-state index contributed by atoms with van der Waals surface area (Å²) in [5, 5.41) is 0. The number of ether oxygens (including phenoxy) is 1. The average Bonchev–Trinajstić information content (AvgIpc) is 2.87. The first-order valence-corrected chi connectivity index (χ1v) is 8.42. The summed E-state index contributed by atoms with van der Waals surface area (Å²) >= 11 is 0. The Hall–Kier alpha value is -0.496. The van der Waals surface area contributed by atoms with Crippen LogP contribution in [0.1, 0.15) is 25.6 Å². The molecule has 0 saturated carbocycles. The monoisotopic (exact) mass is 414 g/mol. The van der Waals surface area contributed by atoms with Gasteiger partial charge in [0.1, 0.15) is 6.35 Å². The van der Waals surface area contributed by atoms with Crippen molar-refractivity contribution in [2.24, 2.45) is 0 Å². The molecule has 0 aliphatic rings. The second kappa shape index (κ2) is 8.05. The fraction of sp³-hybridized carbons (Fsp3) is 0.462. The molecule has 10 heteroatoms. The second-order valence-electron chi connectivity index (χ2n) is 5.09. The van der Waals surface area contributed by atoms with E-state index >= 15 is 0 Å². The van der Waals surface area contributed by atoms with Crippen LogP contribution in [0.4, 0.5) is 0 Å². The van der Waals surface area contributed by atoms with E-state index < -0.39 is 20.0 Å². The average molecular weight is 414 g/mol. The van der Waals surface area contributed by atoms with Crippen LogP contribution in [0.15, 0.2) is 18.5 Å². The molecule has 2 aromatic rings. The third-order valence-electron chi connectivity index (χ3n) is 3.45. The summed E-state index contributed by atoms with van der Waals surface area (Å²) in [5.74, 6) is 0. The molecule has 123 valence electrons. The summed E-state index contributed by atoms with van der Waals surface area (Å²) in [6.45, 7) is 9.36. The standard InChI is InChI=1S/C13H18N4O4P.Y/c1-8(11(4)21-7-22(18,19)20)10(3)17-6-16-12-9(2)14-5-15-13(12)17;/h6,10-11H,1,7H2,2-4H3,(H2,18,19,20);/q-1;/t10-,11-;/m1./s1. The molecule has 0 saturated heterocycles. The van der Waals surface area contributed by atoms with Gasteiger partial charge >= 0.3 is 7.60 Å². The molecule has 0 aliphatic carbocycles. The van der Waals surface area contributed by atoms with Gasteiger partial charge in [0.2, 0.25) is 0 Å². The van der Waals surface area contributed by atoms with E-state index in [9.17, 15) is 4.57 Å². The van der Waals surface area contributed by atoms with Crippen LogP contribution >= 0.6 is 7.60 Å². The summed E-state index contributed by atoms with van der Waals surface area (Å²) in [6, 6.07) is -0.209. The Balaban J connectivity index is 0.00000264. The van der Waals surface area contributed by atoms with Crippen molar-refractivity contribution in [2.75, 3.05) is 6.35 Å². The maximum absolute atomic E-state index is 10.9. The van der Waals surface area contributed by atoms with E-state index in [4.69, 9.17) is 14.5 Å². The van der Waals surface area contributed by atoms with Crippen molar-refractivity contribution in [1.82, 2.24) is 19.5 Å². The Labute approximate surface area is 159 Å². The number of fused-ring (bicyclic) bond motifs is 1. The van der Waals surface area contributed by atoms with Gasteiger partial charge < -0.3 is 29.1 Å². The third kappa shape index (κ3) is 4.99. The normalized spacial score (nSPS) is 14.3. The van der Waals surface area contributed by atoms with E-state index in [1.54, 1.807) is 17.8 Å². The van der Waals surface area contributed by atoms with Crippen LogP contribution in [0.5, 0.6) is 0 Å². The van der Waals surface area contributed by atoms with E-state index in [0.717, 1.165) is 5.69 Å². The summed E-state index contributed by atoms with van der Waals surface area (Å²) in [6.07, 6.45) is 3.04. The van der Waals surface area contributed by atoms with Crippen molar-refractivity contribution in [1.29, 1.82) is 0 Å². The first-order valence-electron chi connectivity index (χ1n) is 6.63. The van der Waals surface area contributed by atoms with Crippen molar-refractivity contribution < 1.29 is 51.8 Å². The van der Waals surface area contributed by atoms with Gasteiger partial charge in [-0.1, -0.05) is 13.5 Å². The van der Waals surface area contributed by atoms with E-state index in [2.05, 4.69) is 27.9 Å². The van der Waals surface area contributed by atoms with Crippen LogP contribution in [-0.4, -0.2) is 41.8 Å². The molecule has 0 aromatic carbocycles. The van der Waals surface area contributed by atoms with E-state index in [1.165, 1.54) is 0 Å². The van der Waals surface area contributed by atoms with Crippen molar-refractivity contribution in [3.8, 4) is 0 Å². The van der Waals surface area contributed by atoms with Crippen molar-refractivity contribution in [2.45, 2.75) is 32.9 Å². The molecule has 0 fully saturated rings. The number of hydrogen-bond donors (Lipinski definition) is 2. The SMILES string of the molecule is C=C([C@@H](C)n1cnc2c(C)n[c-]nc21)[C@@H](C)OCP(=O)(O)O.[Y]. The van der Waals surface area contributed by atoms with Gasteiger partial charge in [-0.05, 0) is 25.1 Å². The largest absolute Gasteiger partial charge is 0.369 e. The summed E-state index contributed by atoms with van der Waals surface area (Å²) < 4.78 is 17.9. The number of hydrogen-bond acceptors (Lipinski definition) is 5. The number of aryl methyl sites for hydroxylation is 1. The smallest absolute Gasteiger partial charge is 0.351 e. The molecule has 0 aliphatic heterocycles. The van der Waals surface area contributed by atoms with Crippen LogP contribution in [0.25, 0.3) is 11.2 Å². The molecule has 2 rings (SSSR count). The van der Waals surface area contributed by atoms with Crippen molar-refractivity contribution >= 4 is 18.8 Å². The Bertz CT molecular complexity index is 745. The van der Waals surface area contributed by atoms with E-state index in [-0.39, 0.29) is 38.8 Å². The van der Waals surface area contributed by atoms with Gasteiger partial charge in [-0.25, -0.2) is 0 Å². The zero-order valence-electron chi connectivity index (χ0n) is 13.2. The van der Waals surface area contributed by atoms with Gasteiger partial charge in [0.15, 0.2) is 0 Å². The van der Waals surface area contributed by atoms with Crippen molar-refractivity contribution in [3.05, 3.63) is 30.5 Å². The maximum atomic E-state index is 10.9. The molecule has 0 spiro atoms. The van der Waals surface area contributed by atoms with Gasteiger partial charge in [0.05, 0.1) is 12.4 Å². The van der Waals surface area contributed by atoms with E-state index in [1.807, 2.05) is 13.8 Å². The molecule has 0 unspecified atom stereocenters. The Morgan fingerprint density at radius 1 is 1.48 bits per heavy atom. The quantitative estimate of drug-likeness (QED) is 0.420. The van der Waals surface area contributed by atoms with Crippen LogP contribution in [0.2, 0.25) is 0 Å². The zero-order chi connectivity index (χ0) is 16.5. The van der Waals surface area contributed by atoms with Gasteiger partial charge in [-0.15, -0.1) is 0 Å². The molecule has 0 amide bonds. The number of aromatic nitrogens is 4. The van der Waals surface area contributed by atoms with Gasteiger partial charge in [-0.3, -0.25) is 9.55 Å². The van der Waals surface area contributed by atoms with E-state index in [0.29, 0.717) is 16.7 Å². The third-order valence-corrected chi connectivity index (χ3v) is 3.94. The molecule has 1 radical (unpaired) electrons. The Kier molecular flexibility index (Phi) is 7.20. The number of rotatable bonds is 6. The molecule has 2 atom stereocenters. The molecule has 2 heterocycles. The first-order chi connectivity index (χ1) is 10.2. The minimum absolute atomic E-state index is 0. The predicted molar refractivity (Wildman–Crippen MR) is 80.2 cm³/mol. The van der Waals surface area contributed by atoms with Gasteiger partial charge in [-0.2, -0.15) is 0 Å². The number of imidazole rings is 1. The minimum atomic E-state index is -4.20. The molecule has 2 N–H and O–H groups in total. The molecule has 2 aromatic heterocycles. The second-order valence-corrected chi connectivity index (χ2v) is 6.67. The van der Waals surface area contributed by atoms with Crippen LogP contribution in [-0.2, 0) is 42.0 Å². The summed E-state index contributed by atoms with van der Waals surface area (Å²) in [7, 11) is -4.20. The molecular weight excluding hydrogens is 396 g/mol. The van der Waals surface area contributed by atoms with Crippen molar-refractivity contribution in [3.63, 3.8) is 0 Å². The summed E-state index contributed by atoms with van der Waals surface area (Å²) in [4.78, 5) is 30.1. The van der Waals surface area contributed by atoms with Crippen LogP contribution in [0, 0.1) is 13.3 Å². The summed E-state index contributed by atoms with van der Waals surface area (Å²) in [5.41, 5.74) is 2.70. The minimum Gasteiger partial charge on any atom is -0.369 e. The molecule has 0 bridgehead atoms. The zero-order valence-corrected chi connectivity index (χ0v) is 16.9. The predicted octanol–water partition coefficient (Wildman–Crippen LogP) is 1.59.